The maximum Gasteiger partial charge on any atom is 0.502 e. The third-order valence-electron chi connectivity index (χ3n) is 1.32. The number of halogens is 3. The van der Waals surface area contributed by atoms with Gasteiger partial charge in [-0.25, -0.2) is 9.18 Å². The van der Waals surface area contributed by atoms with Gasteiger partial charge >= 0.3 is 12.1 Å². The van der Waals surface area contributed by atoms with Gasteiger partial charge in [0.25, 0.3) is 0 Å². The second-order valence-corrected chi connectivity index (χ2v) is 2.35. The molecular formula is C8H5F3O3. The smallest absolute Gasteiger partial charge is 0.474 e. The van der Waals surface area contributed by atoms with Crippen LogP contribution < -0.4 is 4.74 Å². The number of benzene rings is 1. The second kappa shape index (κ2) is 3.57. The van der Waals surface area contributed by atoms with Gasteiger partial charge < -0.3 is 9.84 Å². The van der Waals surface area contributed by atoms with E-state index in [0.29, 0.717) is 0 Å². The molecule has 3 nitrogen and oxygen atoms in total. The van der Waals surface area contributed by atoms with Crippen molar-refractivity contribution in [3.63, 3.8) is 0 Å². The monoisotopic (exact) mass is 205 g/mol. The first-order valence-corrected chi connectivity index (χ1v) is 3.48. The molecule has 6 heteroatoms. The number of hydrogen-bond donors (Lipinski definition) is 1. The van der Waals surface area contributed by atoms with Crippen molar-refractivity contribution in [3.8, 4) is 5.75 Å². The summed E-state index contributed by atoms with van der Waals surface area (Å²) in [5.74, 6) is -4.32. The minimum Gasteiger partial charge on any atom is -0.474 e. The van der Waals surface area contributed by atoms with Gasteiger partial charge in [-0.15, -0.1) is 0 Å². The molecule has 0 aromatic heterocycles. The summed E-state index contributed by atoms with van der Waals surface area (Å²) >= 11 is 0. The van der Waals surface area contributed by atoms with Crippen LogP contribution in [0, 0.1) is 5.82 Å². The van der Waals surface area contributed by atoms with Crippen LogP contribution in [-0.4, -0.2) is 17.2 Å². The maximum atomic E-state index is 12.7. The number of carboxylic acids is 1. The number of ether oxygens (including phenoxy) is 1. The van der Waals surface area contributed by atoms with Crippen LogP contribution in [0.2, 0.25) is 0 Å². The van der Waals surface area contributed by atoms with Crippen molar-refractivity contribution in [3.05, 3.63) is 30.1 Å². The van der Waals surface area contributed by atoms with Crippen LogP contribution in [-0.2, 0) is 4.79 Å². The molecule has 1 atom stereocenters. The van der Waals surface area contributed by atoms with Crippen LogP contribution in [0.5, 0.6) is 5.75 Å². The Bertz CT molecular complexity index is 351. The van der Waals surface area contributed by atoms with Gasteiger partial charge in [-0.1, -0.05) is 12.1 Å². The van der Waals surface area contributed by atoms with Gasteiger partial charge in [0.05, 0.1) is 0 Å². The predicted octanol–water partition coefficient (Wildman–Crippen LogP) is 1.88. The fourth-order valence-corrected chi connectivity index (χ4v) is 0.709. The lowest BCUT2D eigenvalue weighted by molar-refractivity contribution is -0.211. The van der Waals surface area contributed by atoms with Gasteiger partial charge in [-0.3, -0.25) is 0 Å². The van der Waals surface area contributed by atoms with Gasteiger partial charge in [0, 0.05) is 0 Å². The number of alkyl halides is 2. The zero-order valence-corrected chi connectivity index (χ0v) is 6.71. The molecular weight excluding hydrogens is 200 g/mol. The molecule has 0 bridgehead atoms. The van der Waals surface area contributed by atoms with Crippen molar-refractivity contribution in [2.75, 3.05) is 0 Å². The van der Waals surface area contributed by atoms with E-state index in [1.807, 2.05) is 0 Å². The Kier molecular flexibility index (Phi) is 2.64. The Morgan fingerprint density at radius 2 is 1.93 bits per heavy atom. The lowest BCUT2D eigenvalue weighted by Gasteiger charge is -2.13. The molecule has 0 spiro atoms. The standard InChI is InChI=1S/C8H5F3O3/c9-5-3-1-2-4-6(5)14-8(10,11)7(12)13/h1-4H,(H,12,13)/i10-1. The minimum atomic E-state index is -4.43. The van der Waals surface area contributed by atoms with Gasteiger partial charge in [-0.05, 0) is 12.1 Å². The Morgan fingerprint density at radius 1 is 1.36 bits per heavy atom. The number of para-hydroxylation sites is 1. The van der Waals surface area contributed by atoms with E-state index in [9.17, 15) is 18.0 Å². The quantitative estimate of drug-likeness (QED) is 0.819. The largest absolute Gasteiger partial charge is 0.502 e. The number of carboxylic acid groups (broad SMARTS) is 1. The Hall–Kier alpha value is -1.72. The molecule has 1 aromatic rings. The molecule has 0 fully saturated rings. The summed E-state index contributed by atoms with van der Waals surface area (Å²) < 4.78 is 41.3. The van der Waals surface area contributed by atoms with E-state index in [-0.39, 0.29) is 0 Å². The highest BCUT2D eigenvalue weighted by atomic mass is 19.2. The molecule has 14 heavy (non-hydrogen) atoms. The molecule has 0 aliphatic heterocycles. The van der Waals surface area contributed by atoms with E-state index in [1.165, 1.54) is 12.1 Å². The van der Waals surface area contributed by atoms with Crippen LogP contribution in [0.15, 0.2) is 24.3 Å². The van der Waals surface area contributed by atoms with Crippen molar-refractivity contribution < 1.29 is 27.8 Å². The summed E-state index contributed by atoms with van der Waals surface area (Å²) in [5, 5.41) is 8.00. The molecule has 0 aliphatic rings. The average Bonchev–Trinajstić information content (AvgIpc) is 2.08. The topological polar surface area (TPSA) is 46.5 Å². The van der Waals surface area contributed by atoms with Gasteiger partial charge in [0.1, 0.15) is 0 Å². The lowest BCUT2D eigenvalue weighted by atomic mass is 10.3. The summed E-state index contributed by atoms with van der Waals surface area (Å²) in [5.41, 5.74) is 0. The number of carbonyl (C=O) groups is 1. The van der Waals surface area contributed by atoms with Gasteiger partial charge in [0.15, 0.2) is 11.6 Å². The molecule has 0 amide bonds. The first-order chi connectivity index (χ1) is 6.43. The number of hydrogen-bond acceptors (Lipinski definition) is 2. The summed E-state index contributed by atoms with van der Waals surface area (Å²) in [6.45, 7) is 0. The maximum absolute atomic E-state index is 12.7. The van der Waals surface area contributed by atoms with E-state index in [1.54, 1.807) is 0 Å². The average molecular weight is 205 g/mol. The highest BCUT2D eigenvalue weighted by molar-refractivity contribution is 5.73. The van der Waals surface area contributed by atoms with Crippen LogP contribution >= 0.6 is 0 Å². The zero-order valence-electron chi connectivity index (χ0n) is 6.71. The molecule has 0 aliphatic carbocycles. The molecule has 0 saturated carbocycles. The normalized spacial score (nSPS) is 14.5. The summed E-state index contributed by atoms with van der Waals surface area (Å²) in [6, 6.07) is 4.30. The third kappa shape index (κ3) is 2.15. The van der Waals surface area contributed by atoms with Crippen molar-refractivity contribution in [1.82, 2.24) is 0 Å². The van der Waals surface area contributed by atoms with E-state index < -0.39 is 23.6 Å². The van der Waals surface area contributed by atoms with Crippen molar-refractivity contribution in [2.24, 2.45) is 0 Å². The van der Waals surface area contributed by atoms with Crippen molar-refractivity contribution in [2.45, 2.75) is 6.11 Å². The summed E-state index contributed by atoms with van der Waals surface area (Å²) in [4.78, 5) is 9.94. The van der Waals surface area contributed by atoms with Crippen LogP contribution in [0.1, 0.15) is 0 Å². The van der Waals surface area contributed by atoms with Crippen molar-refractivity contribution in [1.29, 1.82) is 0 Å². The molecule has 1 unspecified atom stereocenters. The summed E-state index contributed by atoms with van der Waals surface area (Å²) in [6.07, 6.45) is -4.43. The van der Waals surface area contributed by atoms with Gasteiger partial charge in [-0.2, -0.15) is 8.78 Å². The highest BCUT2D eigenvalue weighted by Crippen LogP contribution is 2.24. The van der Waals surface area contributed by atoms with Crippen molar-refractivity contribution >= 4 is 5.97 Å². The van der Waals surface area contributed by atoms with E-state index >= 15 is 0 Å². The van der Waals surface area contributed by atoms with Crippen LogP contribution in [0.25, 0.3) is 0 Å². The summed E-state index contributed by atoms with van der Waals surface area (Å²) in [7, 11) is 0. The molecule has 1 aromatic carbocycles. The molecule has 1 N–H and O–H groups in total. The van der Waals surface area contributed by atoms with E-state index in [0.717, 1.165) is 12.1 Å². The zero-order chi connectivity index (χ0) is 10.8. The molecule has 0 saturated heterocycles. The Balaban J connectivity index is 2.89. The first-order valence-electron chi connectivity index (χ1n) is 3.48. The van der Waals surface area contributed by atoms with Crippen LogP contribution in [0.3, 0.4) is 0 Å². The Morgan fingerprint density at radius 3 is 2.43 bits per heavy atom. The SMILES string of the molecule is O=C(O)C(F)([18F])Oc1ccccc1F. The first kappa shape index (κ1) is 10.4. The second-order valence-electron chi connectivity index (χ2n) is 2.35. The fourth-order valence-electron chi connectivity index (χ4n) is 0.709. The number of rotatable bonds is 3. The predicted molar refractivity (Wildman–Crippen MR) is 39.6 cm³/mol. The third-order valence-corrected chi connectivity index (χ3v) is 1.32. The number of aliphatic carboxylic acids is 1. The van der Waals surface area contributed by atoms with Gasteiger partial charge in [0.2, 0.25) is 0 Å². The van der Waals surface area contributed by atoms with Crippen LogP contribution in [0.4, 0.5) is 13.2 Å². The molecule has 0 radical (unpaired) electrons. The van der Waals surface area contributed by atoms with E-state index in [4.69, 9.17) is 5.11 Å². The minimum absolute atomic E-state index is 0.806. The van der Waals surface area contributed by atoms with E-state index in [2.05, 4.69) is 4.74 Å². The molecule has 0 heterocycles. The lowest BCUT2D eigenvalue weighted by Crippen LogP contribution is -2.35. The fraction of sp³-hybridized carbons (Fsp3) is 0.125. The Labute approximate surface area is 76.7 Å². The molecule has 1 rings (SSSR count). The highest BCUT2D eigenvalue weighted by Gasteiger charge is 2.42. The molecule has 76 valence electrons.